The standard InChI is InChI=1S/C24H28ClFN6O2/c1-23(2,34)24(5-6-24)13-30-22(33)17-12-28-20(9-19(17)31-16-4-3-15(26)8-16)32-21-18(25)7-14(10-27)11-29-21/h7,9,11-12,15-16,34H,3-6,8,13H2,1-2H3,(H,30,33)(H2,28,29,31,32). The van der Waals surface area contributed by atoms with Crippen molar-refractivity contribution in [2.45, 2.75) is 63.8 Å². The minimum absolute atomic E-state index is 0.0976. The van der Waals surface area contributed by atoms with Crippen LogP contribution in [0, 0.1) is 16.7 Å². The van der Waals surface area contributed by atoms with Crippen molar-refractivity contribution in [3.05, 3.63) is 40.7 Å². The van der Waals surface area contributed by atoms with Gasteiger partial charge in [0, 0.05) is 36.5 Å². The molecular weight excluding hydrogens is 459 g/mol. The lowest BCUT2D eigenvalue weighted by molar-refractivity contribution is 0.00303. The maximum atomic E-state index is 13.8. The van der Waals surface area contributed by atoms with Crippen LogP contribution in [-0.4, -0.2) is 45.3 Å². The van der Waals surface area contributed by atoms with E-state index in [2.05, 4.69) is 25.9 Å². The second kappa shape index (κ2) is 9.35. The first-order valence-corrected chi connectivity index (χ1v) is 11.7. The summed E-state index contributed by atoms with van der Waals surface area (Å²) in [4.78, 5) is 21.6. The second-order valence-corrected chi connectivity index (χ2v) is 10.1. The number of anilines is 3. The summed E-state index contributed by atoms with van der Waals surface area (Å²) in [6.07, 6.45) is 5.19. The molecule has 4 N–H and O–H groups in total. The molecular formula is C24H28ClFN6O2. The van der Waals surface area contributed by atoms with Gasteiger partial charge in [0.25, 0.3) is 5.91 Å². The number of amides is 1. The normalized spacial score (nSPS) is 20.9. The molecule has 4 rings (SSSR count). The fourth-order valence-corrected chi connectivity index (χ4v) is 4.53. The maximum Gasteiger partial charge on any atom is 0.254 e. The van der Waals surface area contributed by atoms with Crippen LogP contribution in [-0.2, 0) is 0 Å². The van der Waals surface area contributed by atoms with E-state index < -0.39 is 11.8 Å². The fraction of sp³-hybridized carbons (Fsp3) is 0.500. The van der Waals surface area contributed by atoms with Gasteiger partial charge in [0.2, 0.25) is 0 Å². The molecule has 34 heavy (non-hydrogen) atoms. The molecule has 10 heteroatoms. The average Bonchev–Trinajstić information content (AvgIpc) is 3.49. The van der Waals surface area contributed by atoms with Crippen molar-refractivity contribution in [2.24, 2.45) is 5.41 Å². The predicted molar refractivity (Wildman–Crippen MR) is 128 cm³/mol. The van der Waals surface area contributed by atoms with Crippen LogP contribution in [0.1, 0.15) is 61.9 Å². The molecule has 0 spiro atoms. The van der Waals surface area contributed by atoms with Crippen molar-refractivity contribution >= 4 is 34.8 Å². The lowest BCUT2D eigenvalue weighted by atomic mass is 9.87. The summed E-state index contributed by atoms with van der Waals surface area (Å²) in [5.74, 6) is 0.395. The highest BCUT2D eigenvalue weighted by Crippen LogP contribution is 2.53. The molecule has 0 radical (unpaired) electrons. The van der Waals surface area contributed by atoms with Gasteiger partial charge in [-0.15, -0.1) is 0 Å². The molecule has 2 atom stereocenters. The largest absolute Gasteiger partial charge is 0.390 e. The Balaban J connectivity index is 1.55. The summed E-state index contributed by atoms with van der Waals surface area (Å²) in [5, 5.41) is 28.9. The third-order valence-electron chi connectivity index (χ3n) is 6.83. The van der Waals surface area contributed by atoms with Gasteiger partial charge in [0.05, 0.1) is 27.4 Å². The molecule has 0 aromatic carbocycles. The van der Waals surface area contributed by atoms with E-state index >= 15 is 0 Å². The Morgan fingerprint density at radius 2 is 2.09 bits per heavy atom. The number of carbonyl (C=O) groups excluding carboxylic acids is 1. The van der Waals surface area contributed by atoms with E-state index in [9.17, 15) is 14.3 Å². The highest BCUT2D eigenvalue weighted by molar-refractivity contribution is 6.33. The molecule has 2 unspecified atom stereocenters. The number of pyridine rings is 2. The number of aliphatic hydroxyl groups is 1. The summed E-state index contributed by atoms with van der Waals surface area (Å²) in [5.41, 5.74) is -0.0266. The first-order chi connectivity index (χ1) is 16.1. The highest BCUT2D eigenvalue weighted by atomic mass is 35.5. The van der Waals surface area contributed by atoms with Gasteiger partial charge in [-0.25, -0.2) is 14.4 Å². The molecule has 2 aliphatic rings. The maximum absolute atomic E-state index is 13.8. The van der Waals surface area contributed by atoms with Crippen LogP contribution in [0.2, 0.25) is 5.02 Å². The number of nitrogens with one attached hydrogen (secondary N) is 3. The van der Waals surface area contributed by atoms with Gasteiger partial charge >= 0.3 is 0 Å². The van der Waals surface area contributed by atoms with Crippen molar-refractivity contribution in [1.82, 2.24) is 15.3 Å². The quantitative estimate of drug-likeness (QED) is 0.438. The highest BCUT2D eigenvalue weighted by Gasteiger charge is 2.53. The van der Waals surface area contributed by atoms with Gasteiger partial charge in [-0.3, -0.25) is 4.79 Å². The minimum Gasteiger partial charge on any atom is -0.390 e. The first kappa shape index (κ1) is 24.2. The van der Waals surface area contributed by atoms with Gasteiger partial charge in [-0.05, 0) is 52.0 Å². The smallest absolute Gasteiger partial charge is 0.254 e. The number of halogens is 2. The summed E-state index contributed by atoms with van der Waals surface area (Å²) >= 11 is 6.21. The van der Waals surface area contributed by atoms with Crippen LogP contribution >= 0.6 is 11.6 Å². The Morgan fingerprint density at radius 1 is 1.32 bits per heavy atom. The number of nitriles is 1. The zero-order chi connectivity index (χ0) is 24.5. The number of alkyl halides is 1. The summed E-state index contributed by atoms with van der Waals surface area (Å²) in [6.45, 7) is 3.88. The summed E-state index contributed by atoms with van der Waals surface area (Å²) < 4.78 is 13.8. The number of rotatable bonds is 8. The van der Waals surface area contributed by atoms with Crippen LogP contribution < -0.4 is 16.0 Å². The van der Waals surface area contributed by atoms with Crippen molar-refractivity contribution in [3.8, 4) is 6.07 Å². The van der Waals surface area contributed by atoms with E-state index in [1.165, 1.54) is 18.5 Å². The summed E-state index contributed by atoms with van der Waals surface area (Å²) in [6, 6.07) is 5.04. The van der Waals surface area contributed by atoms with Gasteiger partial charge < -0.3 is 21.1 Å². The lowest BCUT2D eigenvalue weighted by Crippen LogP contribution is -2.42. The van der Waals surface area contributed by atoms with E-state index in [0.29, 0.717) is 54.3 Å². The van der Waals surface area contributed by atoms with Gasteiger partial charge in [0.15, 0.2) is 0 Å². The first-order valence-electron chi connectivity index (χ1n) is 11.3. The molecule has 180 valence electrons. The van der Waals surface area contributed by atoms with E-state index in [-0.39, 0.29) is 22.4 Å². The third kappa shape index (κ3) is 5.24. The molecule has 1 amide bonds. The van der Waals surface area contributed by atoms with Crippen LogP contribution in [0.15, 0.2) is 24.5 Å². The van der Waals surface area contributed by atoms with Crippen LogP contribution in [0.25, 0.3) is 0 Å². The molecule has 2 heterocycles. The number of hydrogen-bond acceptors (Lipinski definition) is 7. The molecule has 2 saturated carbocycles. The molecule has 0 aliphatic heterocycles. The lowest BCUT2D eigenvalue weighted by Gasteiger charge is -2.29. The number of hydrogen-bond donors (Lipinski definition) is 4. The SMILES string of the molecule is CC(C)(O)C1(CNC(=O)c2cnc(Nc3ncc(C#N)cc3Cl)cc2NC2CCC(F)C2)CC1. The number of aromatic nitrogens is 2. The van der Waals surface area contributed by atoms with Gasteiger partial charge in [-0.2, -0.15) is 5.26 Å². The number of carbonyl (C=O) groups is 1. The van der Waals surface area contributed by atoms with E-state index in [1.54, 1.807) is 19.9 Å². The Morgan fingerprint density at radius 3 is 2.68 bits per heavy atom. The molecule has 2 aromatic rings. The topological polar surface area (TPSA) is 123 Å². The van der Waals surface area contributed by atoms with Crippen molar-refractivity contribution in [3.63, 3.8) is 0 Å². The molecule has 2 aromatic heterocycles. The Hall–Kier alpha value is -2.96. The predicted octanol–water partition coefficient (Wildman–Crippen LogP) is 4.33. The van der Waals surface area contributed by atoms with Crippen molar-refractivity contribution < 1.29 is 14.3 Å². The minimum atomic E-state index is -0.888. The fourth-order valence-electron chi connectivity index (χ4n) is 4.31. The van der Waals surface area contributed by atoms with Crippen molar-refractivity contribution in [2.75, 3.05) is 17.2 Å². The van der Waals surface area contributed by atoms with E-state index in [1.807, 2.05) is 6.07 Å². The third-order valence-corrected chi connectivity index (χ3v) is 7.12. The Bertz CT molecular complexity index is 1130. The molecule has 2 fully saturated rings. The van der Waals surface area contributed by atoms with E-state index in [4.69, 9.17) is 16.9 Å². The zero-order valence-corrected chi connectivity index (χ0v) is 19.9. The Labute approximate surface area is 202 Å². The van der Waals surface area contributed by atoms with Gasteiger partial charge in [0.1, 0.15) is 23.9 Å². The van der Waals surface area contributed by atoms with E-state index in [0.717, 1.165) is 12.8 Å². The molecule has 2 aliphatic carbocycles. The second-order valence-electron chi connectivity index (χ2n) is 9.68. The van der Waals surface area contributed by atoms with Gasteiger partial charge in [-0.1, -0.05) is 11.6 Å². The number of nitrogens with zero attached hydrogens (tertiary/aromatic N) is 3. The average molecular weight is 487 g/mol. The van der Waals surface area contributed by atoms with Crippen LogP contribution in [0.4, 0.5) is 21.7 Å². The monoisotopic (exact) mass is 486 g/mol. The van der Waals surface area contributed by atoms with Crippen LogP contribution in [0.3, 0.4) is 0 Å². The molecule has 0 bridgehead atoms. The van der Waals surface area contributed by atoms with Crippen molar-refractivity contribution in [1.29, 1.82) is 5.26 Å². The summed E-state index contributed by atoms with van der Waals surface area (Å²) in [7, 11) is 0. The molecule has 0 saturated heterocycles. The Kier molecular flexibility index (Phi) is 6.65. The zero-order valence-electron chi connectivity index (χ0n) is 19.2. The van der Waals surface area contributed by atoms with Crippen LogP contribution in [0.5, 0.6) is 0 Å². The molecule has 8 nitrogen and oxygen atoms in total.